The first-order valence-electron chi connectivity index (χ1n) is 8.23. The molecule has 7 nitrogen and oxygen atoms in total. The van der Waals surface area contributed by atoms with Gasteiger partial charge in [-0.25, -0.2) is 14.2 Å². The number of esters is 1. The van der Waals surface area contributed by atoms with Gasteiger partial charge in [0.25, 0.3) is 0 Å². The van der Waals surface area contributed by atoms with Crippen LogP contribution in [0.15, 0.2) is 29.6 Å². The number of para-hydroxylation sites is 1. The van der Waals surface area contributed by atoms with E-state index >= 15 is 0 Å². The van der Waals surface area contributed by atoms with Crippen LogP contribution in [0.1, 0.15) is 28.7 Å². The number of nitrogens with zero attached hydrogens (tertiary/aromatic N) is 3. The summed E-state index contributed by atoms with van der Waals surface area (Å²) in [4.78, 5) is 29.9. The summed E-state index contributed by atoms with van der Waals surface area (Å²) in [5.74, 6) is -1.41. The summed E-state index contributed by atoms with van der Waals surface area (Å²) >= 11 is 2.34. The van der Waals surface area contributed by atoms with Crippen LogP contribution >= 0.6 is 22.9 Å². The highest BCUT2D eigenvalue weighted by Gasteiger charge is 2.22. The zero-order chi connectivity index (χ0) is 20.3. The van der Waals surface area contributed by atoms with Gasteiger partial charge >= 0.3 is 5.97 Å². The van der Waals surface area contributed by atoms with Gasteiger partial charge in [-0.1, -0.05) is 12.1 Å². The minimum atomic E-state index is -0.527. The smallest absolute Gasteiger partial charge is 0.343 e. The van der Waals surface area contributed by atoms with Crippen LogP contribution in [-0.4, -0.2) is 28.3 Å². The summed E-state index contributed by atoms with van der Waals surface area (Å²) in [6, 6.07) is 5.97. The van der Waals surface area contributed by atoms with Gasteiger partial charge in [0.15, 0.2) is 5.13 Å². The standard InChI is InChI=1S/C18H17FN4O3S2/c1-10-15(16(20-3)28-22-10)17(25)26-8-12-9-27-18(21-12)23(11(2)24)14-7-5-4-6-13(14)19/h4-7,9,20H,8H2,1-3H3. The lowest BCUT2D eigenvalue weighted by atomic mass is 10.2. The van der Waals surface area contributed by atoms with Gasteiger partial charge in [0.2, 0.25) is 5.91 Å². The molecule has 28 heavy (non-hydrogen) atoms. The van der Waals surface area contributed by atoms with Crippen molar-refractivity contribution < 1.29 is 18.7 Å². The third kappa shape index (κ3) is 4.02. The van der Waals surface area contributed by atoms with Crippen LogP contribution in [0.5, 0.6) is 0 Å². The Bertz CT molecular complexity index is 1020. The second kappa shape index (κ2) is 8.44. The number of rotatable bonds is 6. The molecular formula is C18H17FN4O3S2. The lowest BCUT2D eigenvalue weighted by Crippen LogP contribution is -2.23. The van der Waals surface area contributed by atoms with E-state index in [9.17, 15) is 14.0 Å². The molecule has 0 radical (unpaired) electrons. The molecule has 1 aromatic carbocycles. The Morgan fingerprint density at radius 1 is 1.32 bits per heavy atom. The molecule has 146 valence electrons. The molecule has 2 aromatic heterocycles. The summed E-state index contributed by atoms with van der Waals surface area (Å²) in [5, 5.41) is 5.50. The van der Waals surface area contributed by atoms with Gasteiger partial charge < -0.3 is 10.1 Å². The van der Waals surface area contributed by atoms with Crippen LogP contribution in [0.3, 0.4) is 0 Å². The highest BCUT2D eigenvalue weighted by Crippen LogP contribution is 2.31. The number of halogens is 1. The number of amides is 1. The van der Waals surface area contributed by atoms with E-state index in [-0.39, 0.29) is 18.2 Å². The number of benzene rings is 1. The number of carbonyl (C=O) groups excluding carboxylic acids is 2. The molecule has 3 aromatic rings. The van der Waals surface area contributed by atoms with E-state index in [1.54, 1.807) is 31.5 Å². The SMILES string of the molecule is CNc1snc(C)c1C(=O)OCc1csc(N(C(C)=O)c2ccccc2F)n1. The van der Waals surface area contributed by atoms with Crippen molar-refractivity contribution in [1.82, 2.24) is 9.36 Å². The molecule has 0 fully saturated rings. The fourth-order valence-electron chi connectivity index (χ4n) is 2.50. The van der Waals surface area contributed by atoms with Crippen LogP contribution in [0.4, 0.5) is 20.2 Å². The summed E-state index contributed by atoms with van der Waals surface area (Å²) in [6.07, 6.45) is 0. The quantitative estimate of drug-likeness (QED) is 0.604. The second-order valence-corrected chi connectivity index (χ2v) is 7.34. The minimum Gasteiger partial charge on any atom is -0.455 e. The first-order valence-corrected chi connectivity index (χ1v) is 9.88. The number of thiazole rings is 1. The van der Waals surface area contributed by atoms with Crippen molar-refractivity contribution in [3.05, 3.63) is 52.4 Å². The number of hydrogen-bond acceptors (Lipinski definition) is 8. The lowest BCUT2D eigenvalue weighted by molar-refractivity contribution is -0.115. The van der Waals surface area contributed by atoms with Gasteiger partial charge in [0, 0.05) is 19.4 Å². The number of anilines is 3. The number of aromatic nitrogens is 2. The van der Waals surface area contributed by atoms with Gasteiger partial charge in [-0.15, -0.1) is 11.3 Å². The molecule has 2 heterocycles. The minimum absolute atomic E-state index is 0.0726. The Labute approximate surface area is 169 Å². The van der Waals surface area contributed by atoms with Crippen molar-refractivity contribution in [2.24, 2.45) is 0 Å². The van der Waals surface area contributed by atoms with E-state index in [2.05, 4.69) is 14.7 Å². The molecule has 10 heteroatoms. The van der Waals surface area contributed by atoms with Crippen molar-refractivity contribution in [3.63, 3.8) is 0 Å². The monoisotopic (exact) mass is 420 g/mol. The molecule has 0 bridgehead atoms. The van der Waals surface area contributed by atoms with Crippen LogP contribution in [0.25, 0.3) is 0 Å². The number of carbonyl (C=O) groups is 2. The van der Waals surface area contributed by atoms with E-state index in [1.165, 1.54) is 35.5 Å². The van der Waals surface area contributed by atoms with E-state index in [4.69, 9.17) is 4.74 Å². The van der Waals surface area contributed by atoms with Crippen molar-refractivity contribution >= 4 is 50.6 Å². The third-order valence-corrected chi connectivity index (χ3v) is 5.61. The molecule has 0 unspecified atom stereocenters. The Hall–Kier alpha value is -2.85. The van der Waals surface area contributed by atoms with Gasteiger partial charge in [-0.2, -0.15) is 4.37 Å². The topological polar surface area (TPSA) is 84.4 Å². The molecule has 0 saturated carbocycles. The van der Waals surface area contributed by atoms with Crippen molar-refractivity contribution in [3.8, 4) is 0 Å². The summed E-state index contributed by atoms with van der Waals surface area (Å²) in [5.41, 5.74) is 1.55. The van der Waals surface area contributed by atoms with Gasteiger partial charge in [-0.05, 0) is 30.6 Å². The molecule has 0 aliphatic heterocycles. The zero-order valence-electron chi connectivity index (χ0n) is 15.4. The zero-order valence-corrected chi connectivity index (χ0v) is 17.0. The molecule has 0 aliphatic rings. The van der Waals surface area contributed by atoms with E-state index < -0.39 is 11.8 Å². The average Bonchev–Trinajstić information content (AvgIpc) is 3.28. The molecule has 1 amide bonds. The number of aryl methyl sites for hydroxylation is 1. The first-order chi connectivity index (χ1) is 13.4. The lowest BCUT2D eigenvalue weighted by Gasteiger charge is -2.18. The van der Waals surface area contributed by atoms with Gasteiger partial charge in [0.05, 0.1) is 17.1 Å². The fourth-order valence-corrected chi connectivity index (χ4v) is 4.10. The number of nitrogens with one attached hydrogen (secondary N) is 1. The Balaban J connectivity index is 1.76. The van der Waals surface area contributed by atoms with Crippen molar-refractivity contribution in [2.45, 2.75) is 20.5 Å². The summed E-state index contributed by atoms with van der Waals surface area (Å²) in [7, 11) is 1.70. The molecule has 0 aliphatic carbocycles. The molecule has 0 spiro atoms. The first kappa shape index (κ1) is 19.9. The highest BCUT2D eigenvalue weighted by molar-refractivity contribution is 7.14. The van der Waals surface area contributed by atoms with Gasteiger partial charge in [-0.3, -0.25) is 9.69 Å². The van der Waals surface area contributed by atoms with Crippen molar-refractivity contribution in [2.75, 3.05) is 17.3 Å². The molecule has 3 rings (SSSR count). The molecule has 0 atom stereocenters. The fraction of sp³-hybridized carbons (Fsp3) is 0.222. The summed E-state index contributed by atoms with van der Waals surface area (Å²) < 4.78 is 23.6. The van der Waals surface area contributed by atoms with Gasteiger partial charge in [0.1, 0.15) is 23.0 Å². The maximum atomic E-state index is 14.1. The maximum Gasteiger partial charge on any atom is 0.343 e. The third-order valence-electron chi connectivity index (χ3n) is 3.78. The van der Waals surface area contributed by atoms with Crippen LogP contribution in [0, 0.1) is 12.7 Å². The van der Waals surface area contributed by atoms with Crippen LogP contribution in [0.2, 0.25) is 0 Å². The number of hydrogen-bond donors (Lipinski definition) is 1. The Morgan fingerprint density at radius 3 is 2.75 bits per heavy atom. The highest BCUT2D eigenvalue weighted by atomic mass is 32.1. The van der Waals surface area contributed by atoms with E-state index in [0.29, 0.717) is 27.1 Å². The Kier molecular flexibility index (Phi) is 6.00. The van der Waals surface area contributed by atoms with Crippen LogP contribution in [-0.2, 0) is 16.1 Å². The molecular weight excluding hydrogens is 403 g/mol. The van der Waals surface area contributed by atoms with E-state index in [0.717, 1.165) is 11.3 Å². The average molecular weight is 420 g/mol. The second-order valence-electron chi connectivity index (χ2n) is 5.73. The van der Waals surface area contributed by atoms with Crippen LogP contribution < -0.4 is 10.2 Å². The maximum absolute atomic E-state index is 14.1. The van der Waals surface area contributed by atoms with Crippen molar-refractivity contribution in [1.29, 1.82) is 0 Å². The number of ether oxygens (including phenoxy) is 1. The van der Waals surface area contributed by atoms with E-state index in [1.807, 2.05) is 0 Å². The largest absolute Gasteiger partial charge is 0.455 e. The normalized spacial score (nSPS) is 10.6. The Morgan fingerprint density at radius 2 is 2.07 bits per heavy atom. The predicted molar refractivity (Wildman–Crippen MR) is 107 cm³/mol. The molecule has 0 saturated heterocycles. The predicted octanol–water partition coefficient (Wildman–Crippen LogP) is 4.13. The molecule has 1 N–H and O–H groups in total. The summed E-state index contributed by atoms with van der Waals surface area (Å²) in [6.45, 7) is 2.99.